The van der Waals surface area contributed by atoms with Crippen molar-refractivity contribution in [1.82, 2.24) is 0 Å². The number of nitrogens with zero attached hydrogens (tertiary/aromatic N) is 2. The Morgan fingerprint density at radius 1 is 0.800 bits per heavy atom. The van der Waals surface area contributed by atoms with Crippen molar-refractivity contribution in [1.29, 1.82) is 0 Å². The van der Waals surface area contributed by atoms with Gasteiger partial charge in [0.15, 0.2) is 0 Å². The summed E-state index contributed by atoms with van der Waals surface area (Å²) < 4.78 is 0. The number of rotatable bonds is 0. The first-order chi connectivity index (χ1) is 3.46. The van der Waals surface area contributed by atoms with Crippen molar-refractivity contribution in [2.24, 2.45) is 0 Å². The maximum atomic E-state index is 8.25. The van der Waals surface area contributed by atoms with Gasteiger partial charge in [-0.25, -0.2) is 0 Å². The van der Waals surface area contributed by atoms with Gasteiger partial charge in [0.05, 0.1) is 10.2 Å². The molecule has 8 nitrogen and oxygen atoms in total. The quantitative estimate of drug-likeness (QED) is 0.318. The van der Waals surface area contributed by atoms with Gasteiger partial charge in [0.1, 0.15) is 0 Å². The molecule has 10 heavy (non-hydrogen) atoms. The molecule has 10 heteroatoms. The molecule has 0 aliphatic rings. The van der Waals surface area contributed by atoms with Crippen molar-refractivity contribution >= 4 is 0 Å². The zero-order valence-electron chi connectivity index (χ0n) is 4.05. The molecule has 0 saturated carbocycles. The van der Waals surface area contributed by atoms with E-state index in [9.17, 15) is 0 Å². The van der Waals surface area contributed by atoms with Crippen LogP contribution in [0.2, 0.25) is 0 Å². The Labute approximate surface area is 75.7 Å². The second-order valence-corrected chi connectivity index (χ2v) is 0.447. The Kier molecular flexibility index (Phi) is 35.9. The summed E-state index contributed by atoms with van der Waals surface area (Å²) in [7, 11) is 0. The fraction of sp³-hybridized carbons (Fsp3) is 0. The molecule has 1 radical (unpaired) electrons. The minimum Gasteiger partial charge on any atom is -0.356 e. The molecule has 0 aliphatic heterocycles. The van der Waals surface area contributed by atoms with E-state index < -0.39 is 10.2 Å². The van der Waals surface area contributed by atoms with Crippen molar-refractivity contribution in [3.8, 4) is 0 Å². The third kappa shape index (κ3) is 1030. The molecule has 0 aromatic carbocycles. The first-order valence-corrected chi connectivity index (χ1v) is 1.10. The predicted molar refractivity (Wildman–Crippen MR) is 20.7 cm³/mol. The van der Waals surface area contributed by atoms with E-state index in [1.165, 1.54) is 0 Å². The summed E-state index contributed by atoms with van der Waals surface area (Å²) in [4.78, 5) is 16.5. The molecule has 0 N–H and O–H groups in total. The van der Waals surface area contributed by atoms with Gasteiger partial charge in [-0.2, -0.15) is 0 Å². The summed E-state index contributed by atoms with van der Waals surface area (Å²) in [6, 6.07) is 0. The summed E-state index contributed by atoms with van der Waals surface area (Å²) >= 11 is 0. The van der Waals surface area contributed by atoms with Gasteiger partial charge in [-0.1, -0.05) is 0 Å². The number of hydrogen-bond donors (Lipinski definition) is 0. The average Bonchev–Trinajstić information content (AvgIpc) is 1.25. The Morgan fingerprint density at radius 2 is 0.800 bits per heavy atom. The predicted octanol–water partition coefficient (Wildman–Crippen LogP) is -0.483. The van der Waals surface area contributed by atoms with Crippen LogP contribution in [0.3, 0.4) is 0 Å². The fourth-order valence-corrected chi connectivity index (χ4v) is 0. The molecule has 0 bridgehead atoms. The molecule has 65 valence electrons. The minimum atomic E-state index is -1.75. The van der Waals surface area contributed by atoms with Gasteiger partial charge in [0, 0.05) is 34.4 Å². The van der Waals surface area contributed by atoms with Crippen LogP contribution < -0.4 is 0 Å². The fourth-order valence-electron chi connectivity index (χ4n) is 0. The van der Waals surface area contributed by atoms with E-state index in [-0.39, 0.29) is 34.4 Å². The first-order valence-electron chi connectivity index (χ1n) is 1.10. The van der Waals surface area contributed by atoms with Crippen LogP contribution in [-0.2, 0) is 34.4 Å². The van der Waals surface area contributed by atoms with Gasteiger partial charge in [-0.15, -0.1) is 0 Å². The third-order valence-corrected chi connectivity index (χ3v) is 0. The zero-order valence-corrected chi connectivity index (χ0v) is 6.27. The van der Waals surface area contributed by atoms with E-state index in [1.807, 2.05) is 0 Å². The molecule has 0 atom stereocenters. The summed E-state index contributed by atoms with van der Waals surface area (Å²) in [5.41, 5.74) is 0. The van der Waals surface area contributed by atoms with E-state index in [1.54, 1.807) is 0 Å². The SMILES string of the molecule is O=[N+]([O-])[O-].O=[N+]([O-])[O-].[Cr].[Cu]. The van der Waals surface area contributed by atoms with E-state index in [0.717, 1.165) is 0 Å². The summed E-state index contributed by atoms with van der Waals surface area (Å²) in [6.07, 6.45) is 0. The molecule has 0 aliphatic carbocycles. The summed E-state index contributed by atoms with van der Waals surface area (Å²) in [6.45, 7) is 0. The second kappa shape index (κ2) is 15.8. The molecule has 0 aromatic rings. The molecule has 0 heterocycles. The number of hydrogen-bond acceptors (Lipinski definition) is 6. The van der Waals surface area contributed by atoms with E-state index in [2.05, 4.69) is 0 Å². The molecule has 0 aromatic heterocycles. The van der Waals surface area contributed by atoms with Crippen molar-refractivity contribution < 1.29 is 44.6 Å². The first kappa shape index (κ1) is 22.7. The molecular weight excluding hydrogens is 240 g/mol. The zero-order chi connectivity index (χ0) is 7.15. The maximum absolute atomic E-state index is 8.25. The molecule has 0 fully saturated rings. The van der Waals surface area contributed by atoms with Crippen molar-refractivity contribution in [3.05, 3.63) is 30.6 Å². The van der Waals surface area contributed by atoms with Crippen LogP contribution in [0.1, 0.15) is 0 Å². The molecule has 0 saturated heterocycles. The smallest absolute Gasteiger partial charge is 0.0689 e. The van der Waals surface area contributed by atoms with Gasteiger partial charge >= 0.3 is 0 Å². The van der Waals surface area contributed by atoms with Crippen LogP contribution >= 0.6 is 0 Å². The van der Waals surface area contributed by atoms with Gasteiger partial charge in [0.2, 0.25) is 0 Å². The van der Waals surface area contributed by atoms with E-state index in [0.29, 0.717) is 0 Å². The third-order valence-electron chi connectivity index (χ3n) is 0. The Hall–Kier alpha value is -0.548. The molecule has 0 rings (SSSR count). The Balaban J connectivity index is -0.0000000300. The second-order valence-electron chi connectivity index (χ2n) is 0.447. The Bertz CT molecular complexity index is 73.7. The Morgan fingerprint density at radius 3 is 0.800 bits per heavy atom. The van der Waals surface area contributed by atoms with Crippen molar-refractivity contribution in [2.75, 3.05) is 0 Å². The summed E-state index contributed by atoms with van der Waals surface area (Å²) in [5, 5.41) is 29.5. The van der Waals surface area contributed by atoms with Gasteiger partial charge in [-0.05, 0) is 0 Å². The van der Waals surface area contributed by atoms with Crippen LogP contribution in [0.5, 0.6) is 0 Å². The van der Waals surface area contributed by atoms with Crippen molar-refractivity contribution in [3.63, 3.8) is 0 Å². The molecular formula is CrCuN2O6-2. The normalized spacial score (nSPS) is 4.80. The van der Waals surface area contributed by atoms with Gasteiger partial charge in [0.25, 0.3) is 0 Å². The van der Waals surface area contributed by atoms with E-state index in [4.69, 9.17) is 30.6 Å². The molecule has 0 amide bonds. The van der Waals surface area contributed by atoms with Crippen LogP contribution in [-0.4, -0.2) is 10.2 Å². The van der Waals surface area contributed by atoms with Crippen molar-refractivity contribution in [2.45, 2.75) is 0 Å². The minimum absolute atomic E-state index is 0. The van der Waals surface area contributed by atoms with Crippen LogP contribution in [0.25, 0.3) is 0 Å². The summed E-state index contributed by atoms with van der Waals surface area (Å²) in [5.74, 6) is 0. The average molecular weight is 240 g/mol. The molecule has 0 spiro atoms. The van der Waals surface area contributed by atoms with Gasteiger partial charge < -0.3 is 30.6 Å². The van der Waals surface area contributed by atoms with Crippen LogP contribution in [0.15, 0.2) is 0 Å². The van der Waals surface area contributed by atoms with Crippen LogP contribution in [0.4, 0.5) is 0 Å². The van der Waals surface area contributed by atoms with E-state index >= 15 is 0 Å². The standard InChI is InChI=1S/Cr.Cu.2NO3/c;;2*2-1(3)4/q;;2*-1. The molecule has 0 unspecified atom stereocenters. The van der Waals surface area contributed by atoms with Crippen LogP contribution in [0, 0.1) is 30.6 Å². The van der Waals surface area contributed by atoms with Gasteiger partial charge in [-0.3, -0.25) is 0 Å². The largest absolute Gasteiger partial charge is 0.356 e. The maximum Gasteiger partial charge on any atom is 0.0689 e. The topological polar surface area (TPSA) is 132 Å². The monoisotopic (exact) mass is 239 g/mol.